The van der Waals surface area contributed by atoms with Crippen molar-refractivity contribution in [3.05, 3.63) is 64.7 Å². The summed E-state index contributed by atoms with van der Waals surface area (Å²) in [5, 5.41) is 3.15. The molecule has 1 N–H and O–H groups in total. The molecular formula is C21H27NO2S. The largest absolute Gasteiger partial charge is 0.497 e. The zero-order chi connectivity index (χ0) is 18.2. The molecule has 1 amide bonds. The van der Waals surface area contributed by atoms with Gasteiger partial charge in [0.05, 0.1) is 18.9 Å². The summed E-state index contributed by atoms with van der Waals surface area (Å²) in [7, 11) is 1.66. The third-order valence-corrected chi connectivity index (χ3v) is 5.34. The Morgan fingerprint density at radius 2 is 1.84 bits per heavy atom. The zero-order valence-corrected chi connectivity index (χ0v) is 16.3. The van der Waals surface area contributed by atoms with Crippen molar-refractivity contribution in [3.63, 3.8) is 0 Å². The molecule has 0 radical (unpaired) electrons. The SMILES string of the molecule is CC[C@H](NC(=O)CSCc1ccc(OC)cc1)c1ccc(C)c(C)c1. The molecule has 25 heavy (non-hydrogen) atoms. The number of hydrogen-bond acceptors (Lipinski definition) is 3. The van der Waals surface area contributed by atoms with Crippen molar-refractivity contribution in [2.45, 2.75) is 39.0 Å². The first kappa shape index (κ1) is 19.4. The first-order valence-electron chi connectivity index (χ1n) is 8.60. The second-order valence-corrected chi connectivity index (χ2v) is 7.20. The van der Waals surface area contributed by atoms with Gasteiger partial charge in [0.15, 0.2) is 0 Å². The Hall–Kier alpha value is -1.94. The third-order valence-electron chi connectivity index (χ3n) is 4.34. The number of ether oxygens (including phenoxy) is 1. The molecule has 134 valence electrons. The fourth-order valence-corrected chi connectivity index (χ4v) is 3.42. The number of carbonyl (C=O) groups excluding carboxylic acids is 1. The Morgan fingerprint density at radius 1 is 1.12 bits per heavy atom. The summed E-state index contributed by atoms with van der Waals surface area (Å²) in [6.07, 6.45) is 0.886. The lowest BCUT2D eigenvalue weighted by Gasteiger charge is -2.18. The highest BCUT2D eigenvalue weighted by atomic mass is 32.2. The van der Waals surface area contributed by atoms with Gasteiger partial charge in [0.2, 0.25) is 5.91 Å². The van der Waals surface area contributed by atoms with Crippen molar-refractivity contribution in [3.8, 4) is 5.75 Å². The average molecular weight is 358 g/mol. The van der Waals surface area contributed by atoms with Gasteiger partial charge in [0, 0.05) is 5.75 Å². The topological polar surface area (TPSA) is 38.3 Å². The van der Waals surface area contributed by atoms with Gasteiger partial charge in [0.25, 0.3) is 0 Å². The van der Waals surface area contributed by atoms with E-state index in [1.807, 2.05) is 24.3 Å². The number of methoxy groups -OCH3 is 1. The van der Waals surface area contributed by atoms with Gasteiger partial charge in [-0.05, 0) is 54.7 Å². The second kappa shape index (κ2) is 9.52. The predicted octanol–water partition coefficient (Wildman–Crippen LogP) is 4.81. The van der Waals surface area contributed by atoms with Crippen molar-refractivity contribution in [2.24, 2.45) is 0 Å². The van der Waals surface area contributed by atoms with E-state index >= 15 is 0 Å². The predicted molar refractivity (Wildman–Crippen MR) is 106 cm³/mol. The van der Waals surface area contributed by atoms with Crippen LogP contribution in [0.15, 0.2) is 42.5 Å². The normalized spacial score (nSPS) is 11.8. The Bertz CT molecular complexity index is 698. The van der Waals surface area contributed by atoms with E-state index in [1.54, 1.807) is 18.9 Å². The number of thioether (sulfide) groups is 1. The zero-order valence-electron chi connectivity index (χ0n) is 15.5. The van der Waals surface area contributed by atoms with Crippen LogP contribution in [0.2, 0.25) is 0 Å². The van der Waals surface area contributed by atoms with Crippen LogP contribution in [-0.4, -0.2) is 18.8 Å². The van der Waals surface area contributed by atoms with E-state index in [9.17, 15) is 4.79 Å². The Kier molecular flexibility index (Phi) is 7.38. The molecule has 0 fully saturated rings. The third kappa shape index (κ3) is 5.82. The molecule has 4 heteroatoms. The Morgan fingerprint density at radius 3 is 2.44 bits per heavy atom. The van der Waals surface area contributed by atoms with Crippen LogP contribution in [0.25, 0.3) is 0 Å². The molecular weight excluding hydrogens is 330 g/mol. The number of nitrogens with one attached hydrogen (secondary N) is 1. The van der Waals surface area contributed by atoms with E-state index in [0.717, 1.165) is 17.9 Å². The maximum absolute atomic E-state index is 12.3. The van der Waals surface area contributed by atoms with Gasteiger partial charge in [-0.3, -0.25) is 4.79 Å². The lowest BCUT2D eigenvalue weighted by Crippen LogP contribution is -2.29. The van der Waals surface area contributed by atoms with Crippen LogP contribution in [0.4, 0.5) is 0 Å². The van der Waals surface area contributed by atoms with Gasteiger partial charge in [-0.1, -0.05) is 37.3 Å². The van der Waals surface area contributed by atoms with Crippen molar-refractivity contribution in [2.75, 3.05) is 12.9 Å². The highest BCUT2D eigenvalue weighted by Gasteiger charge is 2.13. The van der Waals surface area contributed by atoms with Crippen LogP contribution in [0.5, 0.6) is 5.75 Å². The van der Waals surface area contributed by atoms with Crippen LogP contribution < -0.4 is 10.1 Å². The van der Waals surface area contributed by atoms with E-state index in [2.05, 4.69) is 44.3 Å². The molecule has 3 nitrogen and oxygen atoms in total. The Balaban J connectivity index is 1.83. The van der Waals surface area contributed by atoms with Gasteiger partial charge in [0.1, 0.15) is 5.75 Å². The maximum atomic E-state index is 12.3. The van der Waals surface area contributed by atoms with Crippen molar-refractivity contribution < 1.29 is 9.53 Å². The first-order valence-corrected chi connectivity index (χ1v) is 9.76. The fourth-order valence-electron chi connectivity index (χ4n) is 2.62. The number of benzene rings is 2. The highest BCUT2D eigenvalue weighted by Crippen LogP contribution is 2.21. The number of hydrogen-bond donors (Lipinski definition) is 1. The summed E-state index contributed by atoms with van der Waals surface area (Å²) in [4.78, 5) is 12.3. The van der Waals surface area contributed by atoms with E-state index in [1.165, 1.54) is 22.3 Å². The van der Waals surface area contributed by atoms with E-state index in [4.69, 9.17) is 4.74 Å². The standard InChI is InChI=1S/C21H27NO2S/c1-5-20(18-9-6-15(2)16(3)12-18)22-21(23)14-25-13-17-7-10-19(24-4)11-8-17/h6-12,20H,5,13-14H2,1-4H3,(H,22,23)/t20-/m0/s1. The monoisotopic (exact) mass is 357 g/mol. The minimum Gasteiger partial charge on any atom is -0.497 e. The molecule has 0 saturated heterocycles. The fraction of sp³-hybridized carbons (Fsp3) is 0.381. The number of rotatable bonds is 8. The summed E-state index contributed by atoms with van der Waals surface area (Å²) in [6.45, 7) is 6.32. The first-order chi connectivity index (χ1) is 12.0. The molecule has 0 aliphatic rings. The van der Waals surface area contributed by atoms with Crippen LogP contribution >= 0.6 is 11.8 Å². The summed E-state index contributed by atoms with van der Waals surface area (Å²) in [5.74, 6) is 2.22. The molecule has 1 atom stereocenters. The van der Waals surface area contributed by atoms with E-state index < -0.39 is 0 Å². The van der Waals surface area contributed by atoms with Crippen LogP contribution in [0.1, 0.15) is 41.6 Å². The van der Waals surface area contributed by atoms with E-state index in [-0.39, 0.29) is 11.9 Å². The minimum atomic E-state index is 0.0772. The Labute approximate surface area is 155 Å². The van der Waals surface area contributed by atoms with Gasteiger partial charge in [-0.2, -0.15) is 0 Å². The molecule has 0 spiro atoms. The van der Waals surface area contributed by atoms with Crippen LogP contribution in [0, 0.1) is 13.8 Å². The molecule has 2 rings (SSSR count). The summed E-state index contributed by atoms with van der Waals surface area (Å²) in [5.41, 5.74) is 4.91. The number of carbonyl (C=O) groups is 1. The maximum Gasteiger partial charge on any atom is 0.230 e. The molecule has 2 aromatic rings. The smallest absolute Gasteiger partial charge is 0.230 e. The van der Waals surface area contributed by atoms with Crippen molar-refractivity contribution in [1.29, 1.82) is 0 Å². The average Bonchev–Trinajstić information content (AvgIpc) is 2.62. The summed E-state index contributed by atoms with van der Waals surface area (Å²) in [6, 6.07) is 14.5. The molecule has 0 aliphatic carbocycles. The van der Waals surface area contributed by atoms with Crippen LogP contribution in [-0.2, 0) is 10.5 Å². The molecule has 0 bridgehead atoms. The molecule has 0 saturated carbocycles. The number of aryl methyl sites for hydroxylation is 2. The van der Waals surface area contributed by atoms with E-state index in [0.29, 0.717) is 5.75 Å². The lowest BCUT2D eigenvalue weighted by atomic mass is 9.99. The second-order valence-electron chi connectivity index (χ2n) is 6.21. The number of amides is 1. The lowest BCUT2D eigenvalue weighted by molar-refractivity contribution is -0.119. The minimum absolute atomic E-state index is 0.0772. The van der Waals surface area contributed by atoms with Gasteiger partial charge < -0.3 is 10.1 Å². The van der Waals surface area contributed by atoms with Crippen molar-refractivity contribution in [1.82, 2.24) is 5.32 Å². The molecule has 0 aliphatic heterocycles. The summed E-state index contributed by atoms with van der Waals surface area (Å²) < 4.78 is 5.15. The summed E-state index contributed by atoms with van der Waals surface area (Å²) >= 11 is 1.63. The highest BCUT2D eigenvalue weighted by molar-refractivity contribution is 7.99. The van der Waals surface area contributed by atoms with Crippen molar-refractivity contribution >= 4 is 17.7 Å². The van der Waals surface area contributed by atoms with Gasteiger partial charge in [-0.15, -0.1) is 11.8 Å². The molecule has 2 aromatic carbocycles. The molecule has 0 heterocycles. The molecule has 0 unspecified atom stereocenters. The molecule has 0 aromatic heterocycles. The quantitative estimate of drug-likeness (QED) is 0.736. The van der Waals surface area contributed by atoms with Gasteiger partial charge >= 0.3 is 0 Å². The van der Waals surface area contributed by atoms with Crippen LogP contribution in [0.3, 0.4) is 0 Å². The van der Waals surface area contributed by atoms with Gasteiger partial charge in [-0.25, -0.2) is 0 Å².